The van der Waals surface area contributed by atoms with Gasteiger partial charge in [-0.25, -0.2) is 0 Å². The number of halogens is 1. The van der Waals surface area contributed by atoms with E-state index in [0.29, 0.717) is 15.9 Å². The highest BCUT2D eigenvalue weighted by Crippen LogP contribution is 2.23. The molecule has 0 spiro atoms. The van der Waals surface area contributed by atoms with Gasteiger partial charge in [-0.05, 0) is 40.2 Å². The lowest BCUT2D eigenvalue weighted by atomic mass is 10.1. The van der Waals surface area contributed by atoms with Gasteiger partial charge in [-0.1, -0.05) is 12.1 Å². The lowest BCUT2D eigenvalue weighted by molar-refractivity contribution is 0.0828. The third-order valence-electron chi connectivity index (χ3n) is 2.99. The maximum Gasteiger partial charge on any atom is 0.293 e. The molecule has 0 aliphatic carbocycles. The molecular formula is C15H15BrN2O3. The van der Waals surface area contributed by atoms with Crippen LogP contribution >= 0.6 is 15.9 Å². The van der Waals surface area contributed by atoms with E-state index in [1.165, 1.54) is 9.80 Å². The normalized spacial score (nSPS) is 10.3. The predicted molar refractivity (Wildman–Crippen MR) is 83.6 cm³/mol. The summed E-state index contributed by atoms with van der Waals surface area (Å²) in [6, 6.07) is 10.2. The Morgan fingerprint density at radius 1 is 1.00 bits per heavy atom. The second kappa shape index (κ2) is 6.13. The number of carbonyl (C=O) groups excluding carboxylic acids is 2. The number of anilines is 1. The molecule has 0 saturated carbocycles. The first-order valence-electron chi connectivity index (χ1n) is 6.26. The van der Waals surface area contributed by atoms with Crippen molar-refractivity contribution in [2.24, 2.45) is 0 Å². The standard InChI is InChI=1S/C15H15BrN2O3/c1-17(2)14(19)10-6-4-5-7-11(10)18(3)15(20)12-8-9-13(16)21-12/h4-9H,1-3H3. The molecule has 0 bridgehead atoms. The quantitative estimate of drug-likeness (QED) is 0.854. The van der Waals surface area contributed by atoms with Gasteiger partial charge in [0.1, 0.15) is 0 Å². The highest BCUT2D eigenvalue weighted by molar-refractivity contribution is 9.10. The van der Waals surface area contributed by atoms with Crippen molar-refractivity contribution in [2.45, 2.75) is 0 Å². The third kappa shape index (κ3) is 3.16. The van der Waals surface area contributed by atoms with Gasteiger partial charge in [0.25, 0.3) is 11.8 Å². The first kappa shape index (κ1) is 15.3. The fourth-order valence-electron chi connectivity index (χ4n) is 1.89. The minimum Gasteiger partial charge on any atom is -0.444 e. The molecule has 0 radical (unpaired) electrons. The van der Waals surface area contributed by atoms with Gasteiger partial charge in [-0.15, -0.1) is 0 Å². The first-order valence-corrected chi connectivity index (χ1v) is 7.05. The highest BCUT2D eigenvalue weighted by atomic mass is 79.9. The van der Waals surface area contributed by atoms with E-state index in [9.17, 15) is 9.59 Å². The molecule has 0 fully saturated rings. The molecule has 2 aromatic rings. The Hall–Kier alpha value is -2.08. The Labute approximate surface area is 131 Å². The van der Waals surface area contributed by atoms with Crippen molar-refractivity contribution in [2.75, 3.05) is 26.0 Å². The lowest BCUT2D eigenvalue weighted by Crippen LogP contribution is -2.30. The summed E-state index contributed by atoms with van der Waals surface area (Å²) < 4.78 is 5.75. The van der Waals surface area contributed by atoms with Crippen LogP contribution in [0.15, 0.2) is 45.5 Å². The van der Waals surface area contributed by atoms with Crippen molar-refractivity contribution in [3.8, 4) is 0 Å². The van der Waals surface area contributed by atoms with E-state index < -0.39 is 0 Å². The Balaban J connectivity index is 2.37. The van der Waals surface area contributed by atoms with Crippen LogP contribution in [-0.2, 0) is 0 Å². The fraction of sp³-hybridized carbons (Fsp3) is 0.200. The summed E-state index contributed by atoms with van der Waals surface area (Å²) in [6.07, 6.45) is 0. The van der Waals surface area contributed by atoms with Gasteiger partial charge < -0.3 is 14.2 Å². The Morgan fingerprint density at radius 3 is 2.24 bits per heavy atom. The fourth-order valence-corrected chi connectivity index (χ4v) is 2.20. The van der Waals surface area contributed by atoms with Crippen molar-refractivity contribution in [3.05, 3.63) is 52.4 Å². The van der Waals surface area contributed by atoms with Crippen LogP contribution in [0.1, 0.15) is 20.9 Å². The summed E-state index contributed by atoms with van der Waals surface area (Å²) in [5, 5.41) is 0. The van der Waals surface area contributed by atoms with E-state index in [-0.39, 0.29) is 17.6 Å². The summed E-state index contributed by atoms with van der Waals surface area (Å²) in [6.45, 7) is 0. The molecule has 0 unspecified atom stereocenters. The van der Waals surface area contributed by atoms with Gasteiger partial charge in [0.05, 0.1) is 11.3 Å². The largest absolute Gasteiger partial charge is 0.444 e. The minimum absolute atomic E-state index is 0.161. The maximum absolute atomic E-state index is 12.4. The van der Waals surface area contributed by atoms with Crippen LogP contribution in [0.4, 0.5) is 5.69 Å². The zero-order valence-electron chi connectivity index (χ0n) is 12.0. The van der Waals surface area contributed by atoms with Gasteiger partial charge in [-0.3, -0.25) is 9.59 Å². The van der Waals surface area contributed by atoms with Crippen LogP contribution in [0.2, 0.25) is 0 Å². The molecule has 6 heteroatoms. The van der Waals surface area contributed by atoms with Crippen LogP contribution in [0.5, 0.6) is 0 Å². The van der Waals surface area contributed by atoms with Crippen molar-refractivity contribution in [1.82, 2.24) is 4.90 Å². The Bertz CT molecular complexity index is 679. The number of hydrogen-bond donors (Lipinski definition) is 0. The first-order chi connectivity index (χ1) is 9.91. The molecular weight excluding hydrogens is 336 g/mol. The number of para-hydroxylation sites is 1. The predicted octanol–water partition coefficient (Wildman–Crippen LogP) is 3.02. The molecule has 2 amide bonds. The van der Waals surface area contributed by atoms with E-state index in [0.717, 1.165) is 0 Å². The number of furan rings is 1. The monoisotopic (exact) mass is 350 g/mol. The smallest absolute Gasteiger partial charge is 0.293 e. The third-order valence-corrected chi connectivity index (χ3v) is 3.42. The van der Waals surface area contributed by atoms with Crippen molar-refractivity contribution >= 4 is 33.4 Å². The van der Waals surface area contributed by atoms with Crippen LogP contribution in [-0.4, -0.2) is 37.9 Å². The van der Waals surface area contributed by atoms with Crippen molar-refractivity contribution in [1.29, 1.82) is 0 Å². The molecule has 0 N–H and O–H groups in total. The van der Waals surface area contributed by atoms with E-state index >= 15 is 0 Å². The lowest BCUT2D eigenvalue weighted by Gasteiger charge is -2.21. The Morgan fingerprint density at radius 2 is 1.67 bits per heavy atom. The summed E-state index contributed by atoms with van der Waals surface area (Å²) >= 11 is 3.16. The molecule has 0 aliphatic heterocycles. The molecule has 2 rings (SSSR count). The molecule has 1 aromatic carbocycles. The average Bonchev–Trinajstić information content (AvgIpc) is 2.91. The Kier molecular flexibility index (Phi) is 4.47. The van der Waals surface area contributed by atoms with Gasteiger partial charge in [0.2, 0.25) is 0 Å². The summed E-state index contributed by atoms with van der Waals surface area (Å²) in [5.41, 5.74) is 0.998. The summed E-state index contributed by atoms with van der Waals surface area (Å²) in [5.74, 6) is -0.276. The molecule has 0 aliphatic rings. The summed E-state index contributed by atoms with van der Waals surface area (Å²) in [4.78, 5) is 27.5. The van der Waals surface area contributed by atoms with Crippen LogP contribution in [0, 0.1) is 0 Å². The molecule has 1 aromatic heterocycles. The van der Waals surface area contributed by atoms with Crippen LogP contribution in [0.3, 0.4) is 0 Å². The number of carbonyl (C=O) groups is 2. The molecule has 0 atom stereocenters. The van der Waals surface area contributed by atoms with Crippen LogP contribution < -0.4 is 4.90 Å². The number of amides is 2. The highest BCUT2D eigenvalue weighted by Gasteiger charge is 2.22. The molecule has 5 nitrogen and oxygen atoms in total. The average molecular weight is 351 g/mol. The second-order valence-electron chi connectivity index (χ2n) is 4.68. The van der Waals surface area contributed by atoms with E-state index in [1.54, 1.807) is 57.5 Å². The van der Waals surface area contributed by atoms with Gasteiger partial charge in [-0.2, -0.15) is 0 Å². The number of hydrogen-bond acceptors (Lipinski definition) is 3. The topological polar surface area (TPSA) is 53.8 Å². The summed E-state index contributed by atoms with van der Waals surface area (Å²) in [7, 11) is 4.95. The minimum atomic E-state index is -0.320. The van der Waals surface area contributed by atoms with E-state index in [1.807, 2.05) is 0 Å². The van der Waals surface area contributed by atoms with Gasteiger partial charge in [0, 0.05) is 21.1 Å². The molecule has 1 heterocycles. The van der Waals surface area contributed by atoms with Gasteiger partial charge >= 0.3 is 0 Å². The SMILES string of the molecule is CN(C)C(=O)c1ccccc1N(C)C(=O)c1ccc(Br)o1. The van der Waals surface area contributed by atoms with E-state index in [2.05, 4.69) is 15.9 Å². The number of nitrogens with zero attached hydrogens (tertiary/aromatic N) is 2. The van der Waals surface area contributed by atoms with Crippen LogP contribution in [0.25, 0.3) is 0 Å². The zero-order valence-corrected chi connectivity index (χ0v) is 13.5. The molecule has 110 valence electrons. The number of benzene rings is 1. The van der Waals surface area contributed by atoms with Crippen molar-refractivity contribution < 1.29 is 14.0 Å². The zero-order chi connectivity index (χ0) is 15.6. The molecule has 0 saturated heterocycles. The van der Waals surface area contributed by atoms with E-state index in [4.69, 9.17) is 4.42 Å². The van der Waals surface area contributed by atoms with Gasteiger partial charge in [0.15, 0.2) is 10.4 Å². The number of rotatable bonds is 3. The molecule has 21 heavy (non-hydrogen) atoms. The van der Waals surface area contributed by atoms with Crippen molar-refractivity contribution in [3.63, 3.8) is 0 Å². The maximum atomic E-state index is 12.4. The second-order valence-corrected chi connectivity index (χ2v) is 5.47.